The van der Waals surface area contributed by atoms with Gasteiger partial charge in [0.25, 0.3) is 0 Å². The molecule has 81 heavy (non-hydrogen) atoms. The van der Waals surface area contributed by atoms with E-state index in [9.17, 15) is 0 Å². The van der Waals surface area contributed by atoms with Gasteiger partial charge in [0, 0.05) is 122 Å². The minimum absolute atomic E-state index is 0.613. The van der Waals surface area contributed by atoms with E-state index in [0.717, 1.165) is 170 Å². The summed E-state index contributed by atoms with van der Waals surface area (Å²) in [5, 5.41) is 17.4. The summed E-state index contributed by atoms with van der Waals surface area (Å²) >= 11 is 0. The van der Waals surface area contributed by atoms with Crippen molar-refractivity contribution in [3.8, 4) is 44.6 Å². The Balaban J connectivity index is 1.14. The molecule has 374 valence electrons. The molecule has 7 aromatic heterocycles. The molecule has 1 aliphatic rings. The van der Waals surface area contributed by atoms with Crippen molar-refractivity contribution in [1.82, 2.24) is 34.9 Å². The lowest BCUT2D eigenvalue weighted by Gasteiger charge is -2.26. The van der Waals surface area contributed by atoms with E-state index in [-0.39, 0.29) is 0 Å². The highest BCUT2D eigenvalue weighted by atomic mass is 15.1. The standard InChI is InChI=1S/C72H41N9/c1-3-19-42-41(16-1)38-75-56-31-13-24-48(60(42)56)62-63(45-22-12-30-55-51(45)37-40-15-2-6-27-52(40)76-55)71(72-79-57-32-9-17-39-18-10-33-58(80-72)59(39)57)81-70-65(62)64(69-68-47(34-36-74-69)44-21-5-8-29-54(44)78-68)61(50-26-14-35-73-67(50)70)49-25-11-23-46-43-20-4-7-28-53(43)77-66(46)49/h1-38,77-78H,(H,79,80). The van der Waals surface area contributed by atoms with Gasteiger partial charge in [-0.1, -0.05) is 152 Å². The molecular weight excluding hydrogens is 991 g/mol. The van der Waals surface area contributed by atoms with Crippen LogP contribution in [0.4, 0.5) is 11.4 Å². The first-order valence-electron chi connectivity index (χ1n) is 27.3. The Morgan fingerprint density at radius 1 is 0.333 bits per heavy atom. The van der Waals surface area contributed by atoms with E-state index in [1.54, 1.807) is 0 Å². The lowest BCUT2D eigenvalue weighted by Crippen LogP contribution is -2.20. The molecule has 0 unspecified atom stereocenters. The zero-order valence-corrected chi connectivity index (χ0v) is 43.1. The Kier molecular flexibility index (Phi) is 9.03. The van der Waals surface area contributed by atoms with E-state index in [1.165, 1.54) is 0 Å². The molecule has 9 nitrogen and oxygen atoms in total. The van der Waals surface area contributed by atoms with Crippen molar-refractivity contribution in [2.24, 2.45) is 4.99 Å². The maximum atomic E-state index is 6.14. The normalized spacial score (nSPS) is 12.6. The SMILES string of the molecule is c1ccc2nc3cccc(-c4c(C5=Nc6cccc7cccc(c67)N5)nc5c(c4-c4cccc6ncc7ccccc7c46)c(-c4nccc6c4[nH]c4ccccc46)c(-c4cccc6c4[nH]c4ccccc46)c4cccnc45)c3cc2c1. The van der Waals surface area contributed by atoms with Gasteiger partial charge in [0.15, 0.2) is 5.84 Å². The summed E-state index contributed by atoms with van der Waals surface area (Å²) < 4.78 is 0. The van der Waals surface area contributed by atoms with Gasteiger partial charge in [-0.2, -0.15) is 0 Å². The second-order valence-corrected chi connectivity index (χ2v) is 21.1. The quantitative estimate of drug-likeness (QED) is 0.117. The molecule has 0 amide bonds. The van der Waals surface area contributed by atoms with Crippen molar-refractivity contribution in [2.45, 2.75) is 0 Å². The fourth-order valence-corrected chi connectivity index (χ4v) is 13.4. The lowest BCUT2D eigenvalue weighted by atomic mass is 9.80. The Bertz CT molecular complexity index is 5650. The molecule has 10 aromatic carbocycles. The van der Waals surface area contributed by atoms with Crippen LogP contribution in [0.5, 0.6) is 0 Å². The van der Waals surface area contributed by atoms with Gasteiger partial charge < -0.3 is 15.3 Å². The first-order valence-corrected chi connectivity index (χ1v) is 27.3. The van der Waals surface area contributed by atoms with Gasteiger partial charge in [0.1, 0.15) is 5.69 Å². The van der Waals surface area contributed by atoms with E-state index in [2.05, 4.69) is 215 Å². The number of para-hydroxylation sites is 4. The van der Waals surface area contributed by atoms with Gasteiger partial charge in [-0.25, -0.2) is 15.0 Å². The van der Waals surface area contributed by atoms with E-state index >= 15 is 0 Å². The number of pyridine rings is 5. The Hall–Kier alpha value is -11.2. The van der Waals surface area contributed by atoms with Crippen LogP contribution >= 0.6 is 0 Å². The van der Waals surface area contributed by atoms with Gasteiger partial charge in [0.05, 0.1) is 50.0 Å². The molecule has 17 aromatic rings. The molecule has 8 heterocycles. The molecule has 18 rings (SSSR count). The van der Waals surface area contributed by atoms with Crippen molar-refractivity contribution in [3.63, 3.8) is 0 Å². The molecular formula is C72H41N9. The number of hydrogen-bond donors (Lipinski definition) is 3. The number of aromatic nitrogens is 7. The van der Waals surface area contributed by atoms with Crippen LogP contribution in [0.3, 0.4) is 0 Å². The number of H-pyrrole nitrogens is 2. The van der Waals surface area contributed by atoms with Crippen LogP contribution in [0.1, 0.15) is 5.69 Å². The number of aliphatic imine (C=N–C) groups is 1. The van der Waals surface area contributed by atoms with E-state index in [0.29, 0.717) is 17.0 Å². The minimum Gasteiger partial charge on any atom is -0.354 e. The zero-order valence-electron chi connectivity index (χ0n) is 43.1. The van der Waals surface area contributed by atoms with Crippen LogP contribution < -0.4 is 5.32 Å². The largest absolute Gasteiger partial charge is 0.354 e. The van der Waals surface area contributed by atoms with Crippen LogP contribution in [0, 0.1) is 0 Å². The Labute approximate surface area is 461 Å². The molecule has 0 fully saturated rings. The van der Waals surface area contributed by atoms with Crippen molar-refractivity contribution in [3.05, 3.63) is 237 Å². The number of nitrogens with zero attached hydrogens (tertiary/aromatic N) is 6. The van der Waals surface area contributed by atoms with Gasteiger partial charge in [-0.3, -0.25) is 15.0 Å². The topological polar surface area (TPSA) is 120 Å². The summed E-state index contributed by atoms with van der Waals surface area (Å²) in [6.07, 6.45) is 5.84. The van der Waals surface area contributed by atoms with E-state index in [1.807, 2.05) is 30.7 Å². The van der Waals surface area contributed by atoms with Gasteiger partial charge >= 0.3 is 0 Å². The molecule has 0 radical (unpaired) electrons. The smallest absolute Gasteiger partial charge is 0.157 e. The second-order valence-electron chi connectivity index (χ2n) is 21.1. The number of benzene rings is 10. The maximum absolute atomic E-state index is 6.14. The average molecular weight is 1030 g/mol. The summed E-state index contributed by atoms with van der Waals surface area (Å²) in [5.41, 5.74) is 18.0. The molecule has 3 N–H and O–H groups in total. The Morgan fingerprint density at radius 2 is 1.00 bits per heavy atom. The summed E-state index contributed by atoms with van der Waals surface area (Å²) in [7, 11) is 0. The third-order valence-electron chi connectivity index (χ3n) is 16.8. The van der Waals surface area contributed by atoms with Crippen molar-refractivity contribution in [1.29, 1.82) is 0 Å². The van der Waals surface area contributed by atoms with Crippen LogP contribution in [0.15, 0.2) is 236 Å². The lowest BCUT2D eigenvalue weighted by molar-refractivity contribution is 1.32. The van der Waals surface area contributed by atoms with Crippen LogP contribution in [-0.2, 0) is 0 Å². The van der Waals surface area contributed by atoms with Gasteiger partial charge in [-0.15, -0.1) is 0 Å². The van der Waals surface area contributed by atoms with Crippen molar-refractivity contribution >= 4 is 137 Å². The fourth-order valence-electron chi connectivity index (χ4n) is 13.4. The fraction of sp³-hybridized carbons (Fsp3) is 0. The average Bonchev–Trinajstić information content (AvgIpc) is 4.07. The highest BCUT2D eigenvalue weighted by Crippen LogP contribution is 2.54. The summed E-state index contributed by atoms with van der Waals surface area (Å²) in [6.45, 7) is 0. The number of rotatable bonds is 5. The maximum Gasteiger partial charge on any atom is 0.157 e. The molecule has 9 heteroatoms. The van der Waals surface area contributed by atoms with E-state index in [4.69, 9.17) is 29.9 Å². The third-order valence-corrected chi connectivity index (χ3v) is 16.8. The van der Waals surface area contributed by atoms with Gasteiger partial charge in [0.2, 0.25) is 0 Å². The first kappa shape index (κ1) is 43.9. The molecule has 0 saturated carbocycles. The number of hydrogen-bond acceptors (Lipinski definition) is 7. The highest BCUT2D eigenvalue weighted by Gasteiger charge is 2.33. The summed E-state index contributed by atoms with van der Waals surface area (Å²) in [5.74, 6) is 0.613. The predicted molar refractivity (Wildman–Crippen MR) is 335 cm³/mol. The monoisotopic (exact) mass is 1030 g/mol. The summed E-state index contributed by atoms with van der Waals surface area (Å²) in [6, 6.07) is 75.0. The number of anilines is 1. The summed E-state index contributed by atoms with van der Waals surface area (Å²) in [4.78, 5) is 41.3. The molecule has 0 atom stereocenters. The van der Waals surface area contributed by atoms with Crippen molar-refractivity contribution < 1.29 is 0 Å². The van der Waals surface area contributed by atoms with Crippen molar-refractivity contribution in [2.75, 3.05) is 5.32 Å². The molecule has 0 aliphatic carbocycles. The van der Waals surface area contributed by atoms with Crippen LogP contribution in [0.2, 0.25) is 0 Å². The van der Waals surface area contributed by atoms with Crippen LogP contribution in [-0.4, -0.2) is 40.7 Å². The third kappa shape index (κ3) is 6.31. The molecule has 0 saturated heterocycles. The molecule has 0 spiro atoms. The second kappa shape index (κ2) is 16.7. The number of aromatic amines is 2. The number of nitrogens with one attached hydrogen (secondary N) is 3. The highest BCUT2D eigenvalue weighted by molar-refractivity contribution is 6.33. The first-order chi connectivity index (χ1) is 40.2. The number of amidine groups is 1. The van der Waals surface area contributed by atoms with E-state index < -0.39 is 0 Å². The van der Waals surface area contributed by atoms with Crippen LogP contribution in [0.25, 0.3) is 164 Å². The number of fused-ring (bicyclic) bond motifs is 14. The van der Waals surface area contributed by atoms with Gasteiger partial charge in [-0.05, 0) is 82.6 Å². The molecule has 0 bridgehead atoms. The zero-order chi connectivity index (χ0) is 52.9. The predicted octanol–water partition coefficient (Wildman–Crippen LogP) is 18.2. The minimum atomic E-state index is 0.613. The molecule has 1 aliphatic heterocycles. The Morgan fingerprint density at radius 3 is 1.88 bits per heavy atom.